The summed E-state index contributed by atoms with van der Waals surface area (Å²) < 4.78 is 102. The molecule has 0 bridgehead atoms. The van der Waals surface area contributed by atoms with E-state index in [0.717, 1.165) is 57.1 Å². The first-order valence-corrected chi connectivity index (χ1v) is 18.1. The quantitative estimate of drug-likeness (QED) is 0.159. The van der Waals surface area contributed by atoms with E-state index < -0.39 is 57.7 Å². The first-order chi connectivity index (χ1) is 20.8. The summed E-state index contributed by atoms with van der Waals surface area (Å²) in [7, 11) is -1.86. The molecule has 1 aromatic rings. The van der Waals surface area contributed by atoms with Crippen molar-refractivity contribution in [2.75, 3.05) is 31.6 Å². The molecule has 3 aliphatic rings. The molecular formula is C33H49F6NO4S. The van der Waals surface area contributed by atoms with Gasteiger partial charge in [0.1, 0.15) is 21.8 Å². The van der Waals surface area contributed by atoms with Crippen LogP contribution in [0.25, 0.3) is 0 Å². The van der Waals surface area contributed by atoms with Crippen LogP contribution in [-0.2, 0) is 16.3 Å². The third kappa shape index (κ3) is 7.79. The van der Waals surface area contributed by atoms with E-state index in [2.05, 4.69) is 6.92 Å². The minimum absolute atomic E-state index is 0.0803. The van der Waals surface area contributed by atoms with Gasteiger partial charge in [0.05, 0.1) is 17.1 Å². The van der Waals surface area contributed by atoms with Gasteiger partial charge in [-0.05, 0) is 125 Å². The highest BCUT2D eigenvalue weighted by atomic mass is 32.2. The van der Waals surface area contributed by atoms with Crippen molar-refractivity contribution in [3.63, 3.8) is 0 Å². The maximum atomic E-state index is 15.2. The highest BCUT2D eigenvalue weighted by molar-refractivity contribution is 7.91. The molecule has 2 saturated carbocycles. The Morgan fingerprint density at radius 2 is 1.67 bits per heavy atom. The summed E-state index contributed by atoms with van der Waals surface area (Å²) in [5.41, 5.74) is 0.578. The number of alkyl halides is 6. The molecule has 0 aromatic heterocycles. The molecule has 4 rings (SSSR count). The second kappa shape index (κ2) is 13.5. The van der Waals surface area contributed by atoms with Gasteiger partial charge in [-0.25, -0.2) is 12.8 Å². The molecule has 2 fully saturated rings. The maximum absolute atomic E-state index is 15.2. The van der Waals surface area contributed by atoms with Gasteiger partial charge in [0.15, 0.2) is 0 Å². The molecule has 1 aromatic carbocycles. The molecule has 0 spiro atoms. The number of benzene rings is 1. The zero-order valence-corrected chi connectivity index (χ0v) is 27.4. The standard InChI is InChI=1S/C33H49F6NO4S/c1-30-14-12-26-25-11-10-24(41)20-23(25)19-22(29(26)27(30)21-28(34)31(30,2)42)9-5-4-6-15-40(3)16-8-18-45(43,44)17-7-13-32(35,36)33(37,38)39/h10-11,20,22,26-29,41-42H,4-9,12-19,21H2,1-3H3/t22-,26-,27+,28-,29-,30+,31+/m1/s1. The van der Waals surface area contributed by atoms with Gasteiger partial charge >= 0.3 is 12.1 Å². The number of fused-ring (bicyclic) bond motifs is 5. The van der Waals surface area contributed by atoms with Crippen LogP contribution in [0.15, 0.2) is 18.2 Å². The van der Waals surface area contributed by atoms with Crippen LogP contribution in [0.3, 0.4) is 0 Å². The van der Waals surface area contributed by atoms with Gasteiger partial charge in [-0.3, -0.25) is 0 Å². The molecule has 5 nitrogen and oxygen atoms in total. The Labute approximate surface area is 263 Å². The van der Waals surface area contributed by atoms with E-state index >= 15 is 4.39 Å². The van der Waals surface area contributed by atoms with Crippen molar-refractivity contribution < 1.29 is 45.0 Å². The first kappa shape index (κ1) is 36.3. The van der Waals surface area contributed by atoms with Crippen LogP contribution in [0.1, 0.15) is 95.1 Å². The van der Waals surface area contributed by atoms with Gasteiger partial charge in [0, 0.05) is 11.8 Å². The first-order valence-electron chi connectivity index (χ1n) is 16.3. The lowest BCUT2D eigenvalue weighted by Gasteiger charge is -2.55. The molecular weight excluding hydrogens is 620 g/mol. The third-order valence-corrected chi connectivity index (χ3v) is 13.3. The van der Waals surface area contributed by atoms with E-state index in [0.29, 0.717) is 18.9 Å². The molecule has 0 saturated heterocycles. The lowest BCUT2D eigenvalue weighted by Crippen LogP contribution is -2.52. The lowest BCUT2D eigenvalue weighted by molar-refractivity contribution is -0.284. The van der Waals surface area contributed by atoms with E-state index in [1.807, 2.05) is 24.1 Å². The SMILES string of the molecule is CN(CCCCC[C@@H]1Cc2cc(O)ccc2[C@H]2CC[C@@]3(C)[C@@H](C[C@@H](F)[C@]3(C)O)[C@H]12)CCCS(=O)(=O)CCCC(F)(F)C(F)(F)F. The predicted molar refractivity (Wildman–Crippen MR) is 162 cm³/mol. The van der Waals surface area contributed by atoms with Crippen molar-refractivity contribution in [3.8, 4) is 5.75 Å². The lowest BCUT2D eigenvalue weighted by atomic mass is 9.50. The van der Waals surface area contributed by atoms with Crippen molar-refractivity contribution in [1.82, 2.24) is 4.90 Å². The highest BCUT2D eigenvalue weighted by Gasteiger charge is 2.65. The number of phenols is 1. The van der Waals surface area contributed by atoms with Gasteiger partial charge in [0.25, 0.3) is 0 Å². The number of halogens is 6. The van der Waals surface area contributed by atoms with Crippen LogP contribution in [0.5, 0.6) is 5.75 Å². The minimum Gasteiger partial charge on any atom is -0.508 e. The second-order valence-electron chi connectivity index (χ2n) is 14.4. The molecule has 7 atom stereocenters. The number of unbranched alkanes of at least 4 members (excludes halogenated alkanes) is 2. The van der Waals surface area contributed by atoms with Gasteiger partial charge in [-0.15, -0.1) is 0 Å². The summed E-state index contributed by atoms with van der Waals surface area (Å²) in [4.78, 5) is 2.00. The maximum Gasteiger partial charge on any atom is 0.453 e. The zero-order valence-electron chi connectivity index (χ0n) is 26.6. The van der Waals surface area contributed by atoms with Crippen molar-refractivity contribution in [1.29, 1.82) is 0 Å². The molecule has 3 aliphatic carbocycles. The van der Waals surface area contributed by atoms with Crippen LogP contribution >= 0.6 is 0 Å². The topological polar surface area (TPSA) is 77.8 Å². The molecule has 0 radical (unpaired) electrons. The van der Waals surface area contributed by atoms with E-state index in [-0.39, 0.29) is 35.7 Å². The van der Waals surface area contributed by atoms with Gasteiger partial charge in [0.2, 0.25) is 0 Å². The molecule has 45 heavy (non-hydrogen) atoms. The summed E-state index contributed by atoms with van der Waals surface area (Å²) in [6.07, 6.45) is -2.35. The Morgan fingerprint density at radius 3 is 2.36 bits per heavy atom. The van der Waals surface area contributed by atoms with Crippen LogP contribution in [-0.4, -0.2) is 79.0 Å². The number of aliphatic hydroxyl groups is 1. The highest BCUT2D eigenvalue weighted by Crippen LogP contribution is 2.66. The number of nitrogens with zero attached hydrogens (tertiary/aromatic N) is 1. The van der Waals surface area contributed by atoms with E-state index in [1.54, 1.807) is 13.0 Å². The Morgan fingerprint density at radius 1 is 1.00 bits per heavy atom. The van der Waals surface area contributed by atoms with Gasteiger partial charge in [-0.2, -0.15) is 22.0 Å². The number of hydrogen-bond acceptors (Lipinski definition) is 5. The molecule has 0 unspecified atom stereocenters. The average Bonchev–Trinajstić information content (AvgIpc) is 3.10. The van der Waals surface area contributed by atoms with Crippen LogP contribution in [0, 0.1) is 23.2 Å². The molecule has 0 aliphatic heterocycles. The summed E-state index contributed by atoms with van der Waals surface area (Å²) in [5.74, 6) is -4.66. The Balaban J connectivity index is 1.24. The molecule has 0 heterocycles. The fourth-order valence-electron chi connectivity index (χ4n) is 8.65. The normalized spacial score (nSPS) is 31.9. The zero-order chi connectivity index (χ0) is 33.4. The number of rotatable bonds is 14. The van der Waals surface area contributed by atoms with Gasteiger partial charge in [-0.1, -0.05) is 25.8 Å². The number of hydrogen-bond donors (Lipinski definition) is 2. The Bertz CT molecular complexity index is 1270. The van der Waals surface area contributed by atoms with E-state index in [4.69, 9.17) is 0 Å². The summed E-state index contributed by atoms with van der Waals surface area (Å²) >= 11 is 0. The summed E-state index contributed by atoms with van der Waals surface area (Å²) in [6, 6.07) is 5.62. The van der Waals surface area contributed by atoms with Crippen LogP contribution in [0.4, 0.5) is 26.3 Å². The largest absolute Gasteiger partial charge is 0.508 e. The van der Waals surface area contributed by atoms with Crippen molar-refractivity contribution in [2.24, 2.45) is 23.2 Å². The Hall–Kier alpha value is -1.53. The predicted octanol–water partition coefficient (Wildman–Crippen LogP) is 7.45. The average molecular weight is 670 g/mol. The Kier molecular flexibility index (Phi) is 10.9. The number of sulfone groups is 1. The molecule has 2 N–H and O–H groups in total. The molecule has 12 heteroatoms. The van der Waals surface area contributed by atoms with Crippen molar-refractivity contribution in [3.05, 3.63) is 29.3 Å². The van der Waals surface area contributed by atoms with Gasteiger partial charge < -0.3 is 15.1 Å². The van der Waals surface area contributed by atoms with Crippen molar-refractivity contribution in [2.45, 2.75) is 114 Å². The molecule has 0 amide bonds. The van der Waals surface area contributed by atoms with E-state index in [1.165, 1.54) is 5.56 Å². The van der Waals surface area contributed by atoms with Crippen LogP contribution in [0.2, 0.25) is 0 Å². The third-order valence-electron chi connectivity index (χ3n) is 11.5. The smallest absolute Gasteiger partial charge is 0.453 e. The van der Waals surface area contributed by atoms with Crippen LogP contribution < -0.4 is 0 Å². The van der Waals surface area contributed by atoms with E-state index in [9.17, 15) is 40.6 Å². The number of aromatic hydroxyl groups is 1. The summed E-state index contributed by atoms with van der Waals surface area (Å²) in [5, 5.41) is 21.4. The fourth-order valence-corrected chi connectivity index (χ4v) is 10.0. The summed E-state index contributed by atoms with van der Waals surface area (Å²) in [6.45, 7) is 4.92. The monoisotopic (exact) mass is 669 g/mol. The molecule has 258 valence electrons. The number of phenolic OH excluding ortho intramolecular Hbond substituents is 1. The van der Waals surface area contributed by atoms with Crippen molar-refractivity contribution >= 4 is 9.84 Å². The fraction of sp³-hybridized carbons (Fsp3) is 0.818. The second-order valence-corrected chi connectivity index (χ2v) is 16.7. The minimum atomic E-state index is -5.68.